The average molecular weight is 177 g/mol. The van der Waals surface area contributed by atoms with Crippen molar-refractivity contribution in [3.05, 3.63) is 17.6 Å². The second kappa shape index (κ2) is 2.62. The van der Waals surface area contributed by atoms with E-state index < -0.39 is 17.6 Å². The smallest absolute Gasteiger partial charge is 0.383 e. The molecule has 66 valence electrons. The molecule has 1 aromatic rings. The maximum Gasteiger partial charge on any atom is 0.421 e. The van der Waals surface area contributed by atoms with Gasteiger partial charge in [-0.3, -0.25) is 0 Å². The number of halogens is 3. The number of aromatic nitrogens is 2. The van der Waals surface area contributed by atoms with E-state index in [9.17, 15) is 13.2 Å². The average Bonchev–Trinajstić information content (AvgIpc) is 1.83. The lowest BCUT2D eigenvalue weighted by Crippen LogP contribution is -2.11. The highest BCUT2D eigenvalue weighted by molar-refractivity contribution is 5.39. The Morgan fingerprint density at radius 2 is 2.00 bits per heavy atom. The maximum absolute atomic E-state index is 12.0. The van der Waals surface area contributed by atoms with Crippen molar-refractivity contribution in [3.63, 3.8) is 0 Å². The Labute approximate surface area is 66.4 Å². The van der Waals surface area contributed by atoms with E-state index in [1.165, 1.54) is 6.92 Å². The van der Waals surface area contributed by atoms with Crippen molar-refractivity contribution in [1.82, 2.24) is 9.97 Å². The van der Waals surface area contributed by atoms with Crippen molar-refractivity contribution in [2.45, 2.75) is 13.1 Å². The van der Waals surface area contributed by atoms with Crippen LogP contribution in [0.2, 0.25) is 0 Å². The zero-order valence-electron chi connectivity index (χ0n) is 6.18. The van der Waals surface area contributed by atoms with Crippen LogP contribution in [-0.2, 0) is 6.18 Å². The third kappa shape index (κ3) is 1.63. The highest BCUT2D eigenvalue weighted by Crippen LogP contribution is 2.31. The zero-order valence-corrected chi connectivity index (χ0v) is 6.18. The van der Waals surface area contributed by atoms with E-state index in [4.69, 9.17) is 5.73 Å². The Morgan fingerprint density at radius 3 is 2.42 bits per heavy atom. The molecule has 12 heavy (non-hydrogen) atoms. The Kier molecular flexibility index (Phi) is 1.91. The normalized spacial score (nSPS) is 11.7. The summed E-state index contributed by atoms with van der Waals surface area (Å²) in [7, 11) is 0. The molecule has 0 aliphatic heterocycles. The summed E-state index contributed by atoms with van der Waals surface area (Å²) in [6.07, 6.45) is -3.80. The van der Waals surface area contributed by atoms with Gasteiger partial charge < -0.3 is 5.73 Å². The van der Waals surface area contributed by atoms with E-state index in [0.717, 1.165) is 0 Å². The van der Waals surface area contributed by atoms with Gasteiger partial charge in [0.05, 0.1) is 0 Å². The highest BCUT2D eigenvalue weighted by Gasteiger charge is 2.34. The molecule has 0 saturated carbocycles. The van der Waals surface area contributed by atoms with Gasteiger partial charge in [0.25, 0.3) is 0 Å². The summed E-state index contributed by atoms with van der Waals surface area (Å²) >= 11 is 0. The Hall–Kier alpha value is -1.33. The summed E-state index contributed by atoms with van der Waals surface area (Å²) in [5.74, 6) is -0.310. The monoisotopic (exact) mass is 177 g/mol. The van der Waals surface area contributed by atoms with Gasteiger partial charge in [0.15, 0.2) is 0 Å². The van der Waals surface area contributed by atoms with Crippen molar-refractivity contribution in [3.8, 4) is 0 Å². The Morgan fingerprint density at radius 1 is 1.42 bits per heavy atom. The van der Waals surface area contributed by atoms with Gasteiger partial charge in [-0.15, -0.1) is 0 Å². The number of nitrogens with two attached hydrogens (primary N) is 1. The summed E-state index contributed by atoms with van der Waals surface area (Å²) < 4.78 is 36.1. The number of nitrogen functional groups attached to an aromatic ring is 1. The second-order valence-electron chi connectivity index (χ2n) is 2.21. The molecule has 0 amide bonds. The SMILES string of the molecule is Cc1ncc(C(F)(F)F)c(N)n1. The Bertz CT molecular complexity index is 295. The lowest BCUT2D eigenvalue weighted by molar-refractivity contribution is -0.137. The van der Waals surface area contributed by atoms with Crippen LogP contribution in [0.3, 0.4) is 0 Å². The van der Waals surface area contributed by atoms with Crippen LogP contribution in [0.5, 0.6) is 0 Å². The molecule has 1 heterocycles. The summed E-state index contributed by atoms with van der Waals surface area (Å²) in [5.41, 5.74) is 4.04. The van der Waals surface area contributed by atoms with Crippen LogP contribution in [0.15, 0.2) is 6.20 Å². The molecule has 0 bridgehead atoms. The molecule has 0 aliphatic rings. The van der Waals surface area contributed by atoms with Crippen LogP contribution in [0, 0.1) is 6.92 Å². The lowest BCUT2D eigenvalue weighted by atomic mass is 10.3. The molecule has 6 heteroatoms. The minimum Gasteiger partial charge on any atom is -0.383 e. The summed E-state index contributed by atoms with van der Waals surface area (Å²) in [4.78, 5) is 6.78. The summed E-state index contributed by atoms with van der Waals surface area (Å²) in [6.45, 7) is 1.47. The van der Waals surface area contributed by atoms with Gasteiger partial charge in [-0.05, 0) is 6.92 Å². The van der Waals surface area contributed by atoms with Crippen molar-refractivity contribution >= 4 is 5.82 Å². The molecule has 0 radical (unpaired) electrons. The predicted molar refractivity (Wildman–Crippen MR) is 36.2 cm³/mol. The first-order chi connectivity index (χ1) is 5.41. The topological polar surface area (TPSA) is 51.8 Å². The van der Waals surface area contributed by atoms with Crippen LogP contribution >= 0.6 is 0 Å². The Balaban J connectivity index is 3.19. The molecule has 0 aromatic carbocycles. The fourth-order valence-corrected chi connectivity index (χ4v) is 0.706. The molecule has 2 N–H and O–H groups in total. The molecule has 0 atom stereocenters. The maximum atomic E-state index is 12.0. The first-order valence-corrected chi connectivity index (χ1v) is 3.07. The van der Waals surface area contributed by atoms with Gasteiger partial charge in [0.2, 0.25) is 0 Å². The fourth-order valence-electron chi connectivity index (χ4n) is 0.706. The number of hydrogen-bond acceptors (Lipinski definition) is 3. The van der Waals surface area contributed by atoms with E-state index in [1.54, 1.807) is 0 Å². The van der Waals surface area contributed by atoms with Gasteiger partial charge in [0.1, 0.15) is 17.2 Å². The van der Waals surface area contributed by atoms with Crippen LogP contribution in [-0.4, -0.2) is 9.97 Å². The van der Waals surface area contributed by atoms with Gasteiger partial charge in [0, 0.05) is 6.20 Å². The molecule has 0 fully saturated rings. The van der Waals surface area contributed by atoms with Crippen molar-refractivity contribution in [2.24, 2.45) is 0 Å². The van der Waals surface area contributed by atoms with Crippen molar-refractivity contribution in [1.29, 1.82) is 0 Å². The quantitative estimate of drug-likeness (QED) is 0.651. The number of hydrogen-bond donors (Lipinski definition) is 1. The largest absolute Gasteiger partial charge is 0.421 e. The molecule has 0 spiro atoms. The third-order valence-electron chi connectivity index (χ3n) is 1.24. The third-order valence-corrected chi connectivity index (χ3v) is 1.24. The number of anilines is 1. The van der Waals surface area contributed by atoms with Gasteiger partial charge in [-0.25, -0.2) is 9.97 Å². The van der Waals surface area contributed by atoms with Crippen molar-refractivity contribution < 1.29 is 13.2 Å². The fraction of sp³-hybridized carbons (Fsp3) is 0.333. The molecular weight excluding hydrogens is 171 g/mol. The molecule has 3 nitrogen and oxygen atoms in total. The van der Waals surface area contributed by atoms with E-state index in [1.807, 2.05) is 0 Å². The first kappa shape index (κ1) is 8.76. The van der Waals surface area contributed by atoms with E-state index in [-0.39, 0.29) is 5.82 Å². The molecule has 1 aromatic heterocycles. The van der Waals surface area contributed by atoms with Crippen LogP contribution < -0.4 is 5.73 Å². The molecule has 1 rings (SSSR count). The number of alkyl halides is 3. The number of nitrogens with zero attached hydrogens (tertiary/aromatic N) is 2. The molecule has 0 aliphatic carbocycles. The zero-order chi connectivity index (χ0) is 9.35. The van der Waals surface area contributed by atoms with Crippen LogP contribution in [0.4, 0.5) is 19.0 Å². The van der Waals surface area contributed by atoms with Crippen LogP contribution in [0.1, 0.15) is 11.4 Å². The van der Waals surface area contributed by atoms with Gasteiger partial charge >= 0.3 is 6.18 Å². The van der Waals surface area contributed by atoms with E-state index in [0.29, 0.717) is 6.20 Å². The first-order valence-electron chi connectivity index (χ1n) is 3.07. The summed E-state index contributed by atoms with van der Waals surface area (Å²) in [6, 6.07) is 0. The minimum atomic E-state index is -4.47. The second-order valence-corrected chi connectivity index (χ2v) is 2.21. The van der Waals surface area contributed by atoms with Gasteiger partial charge in [-0.1, -0.05) is 0 Å². The van der Waals surface area contributed by atoms with Crippen LogP contribution in [0.25, 0.3) is 0 Å². The number of rotatable bonds is 0. The number of aryl methyl sites for hydroxylation is 1. The standard InChI is InChI=1S/C6H6F3N3/c1-3-11-2-4(5(10)12-3)6(7,8)9/h2H,1H3,(H2,10,11,12). The summed E-state index contributed by atoms with van der Waals surface area (Å²) in [5, 5.41) is 0. The predicted octanol–water partition coefficient (Wildman–Crippen LogP) is 1.39. The van der Waals surface area contributed by atoms with Gasteiger partial charge in [-0.2, -0.15) is 13.2 Å². The highest BCUT2D eigenvalue weighted by atomic mass is 19.4. The lowest BCUT2D eigenvalue weighted by Gasteiger charge is -2.07. The van der Waals surface area contributed by atoms with E-state index in [2.05, 4.69) is 9.97 Å². The minimum absolute atomic E-state index is 0.223. The van der Waals surface area contributed by atoms with Crippen molar-refractivity contribution in [2.75, 3.05) is 5.73 Å². The molecule has 0 saturated heterocycles. The molecular formula is C6H6F3N3. The molecule has 0 unspecified atom stereocenters. The van der Waals surface area contributed by atoms with E-state index >= 15 is 0 Å².